The molecule has 2 aromatic carbocycles. The van der Waals surface area contributed by atoms with Crippen molar-refractivity contribution in [3.05, 3.63) is 93.7 Å². The van der Waals surface area contributed by atoms with E-state index in [1.54, 1.807) is 42.6 Å². The van der Waals surface area contributed by atoms with Crippen molar-refractivity contribution in [2.75, 3.05) is 17.4 Å². The molecule has 0 bridgehead atoms. The Morgan fingerprint density at radius 3 is 2.48 bits per heavy atom. The number of benzene rings is 2. The highest BCUT2D eigenvalue weighted by molar-refractivity contribution is 7.80. The number of amides is 1. The van der Waals surface area contributed by atoms with Crippen LogP contribution in [0.5, 0.6) is 0 Å². The molecule has 0 radical (unpaired) electrons. The molecule has 1 amide bonds. The van der Waals surface area contributed by atoms with Gasteiger partial charge in [0.1, 0.15) is 0 Å². The summed E-state index contributed by atoms with van der Waals surface area (Å²) in [5.41, 5.74) is 2.67. The largest absolute Gasteiger partial charge is 0.352 e. The summed E-state index contributed by atoms with van der Waals surface area (Å²) in [7, 11) is 0. The summed E-state index contributed by atoms with van der Waals surface area (Å²) in [5.74, 6) is -0.218. The third-order valence-corrected chi connectivity index (χ3v) is 6.24. The van der Waals surface area contributed by atoms with Crippen LogP contribution in [0.1, 0.15) is 21.6 Å². The molecular weight excluding hydrogens is 457 g/mol. The zero-order chi connectivity index (χ0) is 22.2. The van der Waals surface area contributed by atoms with E-state index in [1.807, 2.05) is 24.3 Å². The predicted molar refractivity (Wildman–Crippen MR) is 125 cm³/mol. The van der Waals surface area contributed by atoms with Crippen LogP contribution in [0.3, 0.4) is 0 Å². The van der Waals surface area contributed by atoms with Gasteiger partial charge >= 0.3 is 0 Å². The summed E-state index contributed by atoms with van der Waals surface area (Å²) in [6.45, 7) is 0.712. The highest BCUT2D eigenvalue weighted by Gasteiger charge is 2.15. The molecule has 0 saturated heterocycles. The van der Waals surface area contributed by atoms with Gasteiger partial charge in [0.15, 0.2) is 0 Å². The zero-order valence-corrected chi connectivity index (χ0v) is 18.8. The minimum atomic E-state index is -2.23. The molecule has 1 heterocycles. The maximum absolute atomic E-state index is 12.3. The second-order valence-electron chi connectivity index (χ2n) is 6.67. The SMILES string of the molecule is O=C(NCCc1ccccn1)c1ccc(N(CCc2cccc(Cl)c2Cl)S(=O)O)cc1. The standard InChI is InChI=1S/C22H21Cl2N3O3S/c23-20-6-3-4-16(21(20)24)12-15-27(31(29)30)19-9-7-17(8-10-19)22(28)26-14-11-18-5-1-2-13-25-18/h1-10,13H,11-12,14-15H2,(H,26,28)(H,29,30). The molecule has 1 atom stereocenters. The average molecular weight is 478 g/mol. The smallest absolute Gasteiger partial charge is 0.261 e. The van der Waals surface area contributed by atoms with Gasteiger partial charge in [-0.3, -0.25) is 18.6 Å². The topological polar surface area (TPSA) is 82.5 Å². The Hall–Kier alpha value is -2.45. The average Bonchev–Trinajstić information content (AvgIpc) is 2.77. The van der Waals surface area contributed by atoms with Crippen molar-refractivity contribution < 1.29 is 13.6 Å². The monoisotopic (exact) mass is 477 g/mol. The molecule has 31 heavy (non-hydrogen) atoms. The molecule has 2 N–H and O–H groups in total. The van der Waals surface area contributed by atoms with Crippen LogP contribution >= 0.6 is 23.2 Å². The van der Waals surface area contributed by atoms with Crippen LogP contribution in [0.4, 0.5) is 5.69 Å². The van der Waals surface area contributed by atoms with Crippen molar-refractivity contribution in [3.63, 3.8) is 0 Å². The van der Waals surface area contributed by atoms with E-state index in [0.29, 0.717) is 40.7 Å². The Balaban J connectivity index is 1.60. The maximum atomic E-state index is 12.3. The van der Waals surface area contributed by atoms with E-state index in [2.05, 4.69) is 10.3 Å². The highest BCUT2D eigenvalue weighted by Crippen LogP contribution is 2.26. The number of carbonyl (C=O) groups is 1. The van der Waals surface area contributed by atoms with Crippen molar-refractivity contribution >= 4 is 46.1 Å². The van der Waals surface area contributed by atoms with Gasteiger partial charge in [-0.1, -0.05) is 41.4 Å². The summed E-state index contributed by atoms with van der Waals surface area (Å²) >= 11 is 10.00. The zero-order valence-electron chi connectivity index (χ0n) is 16.5. The lowest BCUT2D eigenvalue weighted by atomic mass is 10.1. The van der Waals surface area contributed by atoms with E-state index in [0.717, 1.165) is 11.3 Å². The van der Waals surface area contributed by atoms with Gasteiger partial charge in [-0.15, -0.1) is 0 Å². The minimum absolute atomic E-state index is 0.218. The molecule has 0 aliphatic heterocycles. The third-order valence-electron chi connectivity index (χ3n) is 4.61. The summed E-state index contributed by atoms with van der Waals surface area (Å²) in [6.07, 6.45) is 2.78. The molecular formula is C22H21Cl2N3O3S. The van der Waals surface area contributed by atoms with Gasteiger partial charge in [0.2, 0.25) is 0 Å². The van der Waals surface area contributed by atoms with Gasteiger partial charge in [-0.05, 0) is 54.4 Å². The van der Waals surface area contributed by atoms with Crippen LogP contribution in [0.25, 0.3) is 0 Å². The number of hydrogen-bond acceptors (Lipinski definition) is 3. The molecule has 6 nitrogen and oxygen atoms in total. The second kappa shape index (κ2) is 11.2. The Morgan fingerprint density at radius 1 is 1.03 bits per heavy atom. The van der Waals surface area contributed by atoms with Crippen LogP contribution in [0.2, 0.25) is 10.0 Å². The lowest BCUT2D eigenvalue weighted by Crippen LogP contribution is -2.28. The Kier molecular flexibility index (Phi) is 8.43. The van der Waals surface area contributed by atoms with Crippen LogP contribution in [0.15, 0.2) is 66.9 Å². The van der Waals surface area contributed by atoms with Gasteiger partial charge < -0.3 is 5.32 Å². The first kappa shape index (κ1) is 23.2. The molecule has 0 fully saturated rings. The van der Waals surface area contributed by atoms with Gasteiger partial charge in [0.05, 0.1) is 15.7 Å². The summed E-state index contributed by atoms with van der Waals surface area (Å²) in [6, 6.07) is 17.5. The van der Waals surface area contributed by atoms with Crippen LogP contribution in [-0.4, -0.2) is 32.7 Å². The fourth-order valence-electron chi connectivity index (χ4n) is 2.99. The van der Waals surface area contributed by atoms with E-state index < -0.39 is 11.3 Å². The van der Waals surface area contributed by atoms with Gasteiger partial charge in [0, 0.05) is 37.0 Å². The fourth-order valence-corrected chi connectivity index (χ4v) is 3.96. The number of nitrogens with zero attached hydrogens (tertiary/aromatic N) is 2. The van der Waals surface area contributed by atoms with Crippen molar-refractivity contribution in [3.8, 4) is 0 Å². The Bertz CT molecular complexity index is 1050. The quantitative estimate of drug-likeness (QED) is 0.443. The number of halogens is 2. The summed E-state index contributed by atoms with van der Waals surface area (Å²) < 4.78 is 22.9. The van der Waals surface area contributed by atoms with E-state index in [-0.39, 0.29) is 12.5 Å². The Labute approximate surface area is 193 Å². The molecule has 0 saturated carbocycles. The van der Waals surface area contributed by atoms with E-state index >= 15 is 0 Å². The van der Waals surface area contributed by atoms with Crippen molar-refractivity contribution in [1.29, 1.82) is 0 Å². The highest BCUT2D eigenvalue weighted by atomic mass is 35.5. The number of pyridine rings is 1. The van der Waals surface area contributed by atoms with E-state index in [4.69, 9.17) is 23.2 Å². The molecule has 0 aliphatic rings. The molecule has 9 heteroatoms. The van der Waals surface area contributed by atoms with Crippen LogP contribution in [-0.2, 0) is 24.1 Å². The van der Waals surface area contributed by atoms with Crippen LogP contribution < -0.4 is 9.62 Å². The van der Waals surface area contributed by atoms with Gasteiger partial charge in [0.25, 0.3) is 17.2 Å². The number of carbonyl (C=O) groups excluding carboxylic acids is 1. The number of hydrogen-bond donors (Lipinski definition) is 2. The number of nitrogens with one attached hydrogen (secondary N) is 1. The Morgan fingerprint density at radius 2 is 1.81 bits per heavy atom. The lowest BCUT2D eigenvalue weighted by molar-refractivity contribution is 0.0954. The van der Waals surface area contributed by atoms with Crippen molar-refractivity contribution in [2.45, 2.75) is 12.8 Å². The van der Waals surface area contributed by atoms with Gasteiger partial charge in [-0.25, -0.2) is 4.21 Å². The van der Waals surface area contributed by atoms with Crippen LogP contribution in [0, 0.1) is 0 Å². The van der Waals surface area contributed by atoms with E-state index in [9.17, 15) is 13.6 Å². The molecule has 3 aromatic rings. The molecule has 3 rings (SSSR count). The molecule has 0 aliphatic carbocycles. The van der Waals surface area contributed by atoms with E-state index in [1.165, 1.54) is 4.31 Å². The second-order valence-corrected chi connectivity index (χ2v) is 8.36. The molecule has 162 valence electrons. The maximum Gasteiger partial charge on any atom is 0.261 e. The summed E-state index contributed by atoms with van der Waals surface area (Å²) in [5, 5.41) is 3.72. The number of aromatic nitrogens is 1. The van der Waals surface area contributed by atoms with Crippen molar-refractivity contribution in [2.24, 2.45) is 0 Å². The first-order valence-corrected chi connectivity index (χ1v) is 11.4. The molecule has 0 spiro atoms. The number of anilines is 1. The van der Waals surface area contributed by atoms with Crippen molar-refractivity contribution in [1.82, 2.24) is 10.3 Å². The predicted octanol–water partition coefficient (Wildman–Crippen LogP) is 4.55. The first-order chi connectivity index (χ1) is 15.0. The normalized spacial score (nSPS) is 11.7. The third kappa shape index (κ3) is 6.51. The van der Waals surface area contributed by atoms with Gasteiger partial charge in [-0.2, -0.15) is 0 Å². The number of rotatable bonds is 9. The fraction of sp³-hybridized carbons (Fsp3) is 0.182. The molecule has 1 unspecified atom stereocenters. The minimum Gasteiger partial charge on any atom is -0.352 e. The first-order valence-electron chi connectivity index (χ1n) is 9.55. The molecule has 1 aromatic heterocycles. The summed E-state index contributed by atoms with van der Waals surface area (Å²) in [4.78, 5) is 16.6. The lowest BCUT2D eigenvalue weighted by Gasteiger charge is -2.20.